The number of furan rings is 1. The van der Waals surface area contributed by atoms with Crippen LogP contribution in [0.2, 0.25) is 0 Å². The Morgan fingerprint density at radius 1 is 1.21 bits per heavy atom. The third-order valence-corrected chi connectivity index (χ3v) is 6.31. The van der Waals surface area contributed by atoms with Gasteiger partial charge in [-0.25, -0.2) is 4.98 Å². The zero-order chi connectivity index (χ0) is 23.5. The van der Waals surface area contributed by atoms with Crippen molar-refractivity contribution in [1.82, 2.24) is 24.6 Å². The monoisotopic (exact) mass is 473 g/mol. The maximum Gasteiger partial charge on any atom is 0.234 e. The van der Waals surface area contributed by atoms with Crippen molar-refractivity contribution in [2.75, 3.05) is 17.6 Å². The van der Waals surface area contributed by atoms with Crippen LogP contribution in [0.3, 0.4) is 0 Å². The van der Waals surface area contributed by atoms with E-state index in [1.54, 1.807) is 39.9 Å². The molecule has 1 aromatic carbocycles. The number of rotatable bonds is 7. The lowest BCUT2D eigenvalue weighted by molar-refractivity contribution is -0.128. The summed E-state index contributed by atoms with van der Waals surface area (Å²) in [4.78, 5) is 31.0. The summed E-state index contributed by atoms with van der Waals surface area (Å²) in [7, 11) is 0. The highest BCUT2D eigenvalue weighted by Gasteiger charge is 2.25. The molecule has 5 rings (SSSR count). The number of benzene rings is 1. The van der Waals surface area contributed by atoms with Gasteiger partial charge in [0.05, 0.1) is 12.3 Å². The van der Waals surface area contributed by atoms with E-state index in [0.29, 0.717) is 53.0 Å². The van der Waals surface area contributed by atoms with Crippen LogP contribution in [0.1, 0.15) is 24.4 Å². The van der Waals surface area contributed by atoms with Crippen molar-refractivity contribution >= 4 is 40.2 Å². The number of pyridine rings is 1. The van der Waals surface area contributed by atoms with Gasteiger partial charge in [-0.1, -0.05) is 30.0 Å². The average Bonchev–Trinajstić information content (AvgIpc) is 3.56. The smallest absolute Gasteiger partial charge is 0.234 e. The molecule has 1 N–H and O–H groups in total. The molecule has 0 unspecified atom stereocenters. The highest BCUT2D eigenvalue weighted by Crippen LogP contribution is 2.31. The first-order chi connectivity index (χ1) is 16.6. The number of nitrogens with one attached hydrogen (secondary N) is 1. The van der Waals surface area contributed by atoms with E-state index in [4.69, 9.17) is 4.42 Å². The fraction of sp³-hybridized carbons (Fsp3) is 0.217. The average molecular weight is 474 g/mol. The topological polar surface area (TPSA) is 130 Å². The molecule has 0 spiro atoms. The van der Waals surface area contributed by atoms with Crippen molar-refractivity contribution in [2.24, 2.45) is 0 Å². The van der Waals surface area contributed by atoms with E-state index in [1.165, 1.54) is 11.8 Å². The molecule has 170 valence electrons. The maximum absolute atomic E-state index is 12.8. The summed E-state index contributed by atoms with van der Waals surface area (Å²) < 4.78 is 7.28. The molecule has 3 aromatic heterocycles. The van der Waals surface area contributed by atoms with Crippen LogP contribution in [-0.4, -0.2) is 48.8 Å². The van der Waals surface area contributed by atoms with Gasteiger partial charge in [-0.15, -0.1) is 10.2 Å². The Kier molecular flexibility index (Phi) is 5.97. The van der Waals surface area contributed by atoms with Crippen molar-refractivity contribution in [3.63, 3.8) is 0 Å². The molecule has 2 amide bonds. The van der Waals surface area contributed by atoms with Gasteiger partial charge in [-0.3, -0.25) is 14.2 Å². The molecule has 1 aliphatic heterocycles. The van der Waals surface area contributed by atoms with Gasteiger partial charge in [-0.05, 0) is 30.7 Å². The van der Waals surface area contributed by atoms with Gasteiger partial charge in [0.1, 0.15) is 23.2 Å². The Bertz CT molecular complexity index is 1410. The quantitative estimate of drug-likeness (QED) is 0.405. The molecule has 1 fully saturated rings. The van der Waals surface area contributed by atoms with Gasteiger partial charge in [-0.2, -0.15) is 5.26 Å². The standard InChI is InChI=1S/C23H19N7O3S/c24-12-17-22(15-6-1-2-7-16(15)33-17)26-20(31)14-34-23-28-27-19(13-29-11-5-9-21(29)32)30(23)18-8-3-4-10-25-18/h1-4,6-8,10H,5,9,11,13-14H2,(H,26,31). The number of amides is 2. The minimum absolute atomic E-state index is 0.0258. The van der Waals surface area contributed by atoms with Crippen LogP contribution in [0.4, 0.5) is 5.69 Å². The van der Waals surface area contributed by atoms with E-state index in [1.807, 2.05) is 24.3 Å². The van der Waals surface area contributed by atoms with Gasteiger partial charge in [0.2, 0.25) is 17.6 Å². The SMILES string of the molecule is N#Cc1oc2ccccc2c1NC(=O)CSc1nnc(CN2CCCC2=O)n1-c1ccccn1. The Labute approximate surface area is 198 Å². The molecule has 0 bridgehead atoms. The Balaban J connectivity index is 1.36. The van der Waals surface area contributed by atoms with Crippen LogP contribution >= 0.6 is 11.8 Å². The number of nitrogens with zero attached hydrogens (tertiary/aromatic N) is 6. The highest BCUT2D eigenvalue weighted by molar-refractivity contribution is 7.99. The number of carbonyl (C=O) groups excluding carboxylic acids is 2. The summed E-state index contributed by atoms with van der Waals surface area (Å²) in [5.41, 5.74) is 0.876. The summed E-state index contributed by atoms with van der Waals surface area (Å²) in [6.07, 6.45) is 3.02. The molecular formula is C23H19N7O3S. The summed E-state index contributed by atoms with van der Waals surface area (Å²) in [5.74, 6) is 1.02. The summed E-state index contributed by atoms with van der Waals surface area (Å²) in [5, 5.41) is 21.8. The molecule has 4 heterocycles. The van der Waals surface area contributed by atoms with Crippen LogP contribution in [0.5, 0.6) is 0 Å². The van der Waals surface area contributed by atoms with Gasteiger partial charge in [0, 0.05) is 24.5 Å². The molecule has 1 aliphatic rings. The minimum Gasteiger partial charge on any atom is -0.443 e. The lowest BCUT2D eigenvalue weighted by Crippen LogP contribution is -2.26. The zero-order valence-electron chi connectivity index (χ0n) is 18.0. The fourth-order valence-corrected chi connectivity index (χ4v) is 4.57. The zero-order valence-corrected chi connectivity index (χ0v) is 18.8. The van der Waals surface area contributed by atoms with Gasteiger partial charge in [0.15, 0.2) is 11.0 Å². The van der Waals surface area contributed by atoms with E-state index >= 15 is 0 Å². The molecule has 1 saturated heterocycles. The van der Waals surface area contributed by atoms with Crippen molar-refractivity contribution in [2.45, 2.75) is 24.5 Å². The number of hydrogen-bond donors (Lipinski definition) is 1. The lowest BCUT2D eigenvalue weighted by atomic mass is 10.2. The van der Waals surface area contributed by atoms with E-state index in [2.05, 4.69) is 20.5 Å². The number of anilines is 1. The summed E-state index contributed by atoms with van der Waals surface area (Å²) >= 11 is 1.19. The summed E-state index contributed by atoms with van der Waals surface area (Å²) in [6, 6.07) is 14.6. The van der Waals surface area contributed by atoms with Crippen molar-refractivity contribution in [3.8, 4) is 11.9 Å². The molecule has 4 aromatic rings. The van der Waals surface area contributed by atoms with Gasteiger partial charge >= 0.3 is 0 Å². The van der Waals surface area contributed by atoms with Crippen molar-refractivity contribution < 1.29 is 14.0 Å². The highest BCUT2D eigenvalue weighted by atomic mass is 32.2. The first kappa shape index (κ1) is 21.7. The number of aromatic nitrogens is 4. The number of fused-ring (bicyclic) bond motifs is 1. The molecule has 34 heavy (non-hydrogen) atoms. The number of nitriles is 1. The summed E-state index contributed by atoms with van der Waals surface area (Å²) in [6.45, 7) is 1.00. The molecule has 10 nitrogen and oxygen atoms in total. The van der Waals surface area contributed by atoms with E-state index in [-0.39, 0.29) is 23.3 Å². The fourth-order valence-electron chi connectivity index (χ4n) is 3.81. The van der Waals surface area contributed by atoms with Crippen LogP contribution in [0, 0.1) is 11.3 Å². The van der Waals surface area contributed by atoms with E-state index < -0.39 is 0 Å². The first-order valence-electron chi connectivity index (χ1n) is 10.6. The first-order valence-corrected chi connectivity index (χ1v) is 11.6. The number of para-hydroxylation sites is 1. The minimum atomic E-state index is -0.320. The molecule has 0 saturated carbocycles. The van der Waals surface area contributed by atoms with Crippen LogP contribution < -0.4 is 5.32 Å². The second-order valence-electron chi connectivity index (χ2n) is 7.59. The maximum atomic E-state index is 12.8. The van der Waals surface area contributed by atoms with Crippen molar-refractivity contribution in [3.05, 3.63) is 60.2 Å². The molecule has 11 heteroatoms. The molecule has 0 atom stereocenters. The van der Waals surface area contributed by atoms with Crippen molar-refractivity contribution in [1.29, 1.82) is 5.26 Å². The molecule has 0 radical (unpaired) electrons. The predicted molar refractivity (Wildman–Crippen MR) is 124 cm³/mol. The number of hydrogen-bond acceptors (Lipinski definition) is 8. The Morgan fingerprint density at radius 2 is 2.06 bits per heavy atom. The van der Waals surface area contributed by atoms with Crippen LogP contribution in [0.25, 0.3) is 16.8 Å². The molecule has 0 aliphatic carbocycles. The van der Waals surface area contributed by atoms with Crippen LogP contribution in [-0.2, 0) is 16.1 Å². The largest absolute Gasteiger partial charge is 0.443 e. The number of carbonyl (C=O) groups is 2. The van der Waals surface area contributed by atoms with Gasteiger partial charge in [0.25, 0.3) is 0 Å². The third-order valence-electron chi connectivity index (χ3n) is 5.38. The third kappa shape index (κ3) is 4.23. The molecular weight excluding hydrogens is 454 g/mol. The number of thioether (sulfide) groups is 1. The second kappa shape index (κ2) is 9.36. The van der Waals surface area contributed by atoms with E-state index in [0.717, 1.165) is 6.42 Å². The Morgan fingerprint density at radius 3 is 2.82 bits per heavy atom. The normalized spacial score (nSPS) is 13.4. The van der Waals surface area contributed by atoms with E-state index in [9.17, 15) is 14.9 Å². The number of likely N-dealkylation sites (tertiary alicyclic amines) is 1. The Hall–Kier alpha value is -4.17. The van der Waals surface area contributed by atoms with Crippen LogP contribution in [0.15, 0.2) is 58.2 Å². The van der Waals surface area contributed by atoms with Gasteiger partial charge < -0.3 is 14.6 Å². The second-order valence-corrected chi connectivity index (χ2v) is 8.53. The predicted octanol–water partition coefficient (Wildman–Crippen LogP) is 3.13. The lowest BCUT2D eigenvalue weighted by Gasteiger charge is -2.16.